The third-order valence-corrected chi connectivity index (χ3v) is 6.24. The van der Waals surface area contributed by atoms with E-state index in [4.69, 9.17) is 0 Å². The molecule has 0 amide bonds. The molecule has 3 heteroatoms. The predicted octanol–water partition coefficient (Wildman–Crippen LogP) is 4.60. The first-order valence-electron chi connectivity index (χ1n) is 8.02. The van der Waals surface area contributed by atoms with Gasteiger partial charge < -0.3 is 5.11 Å². The molecule has 1 nitrogen and oxygen atoms in total. The van der Waals surface area contributed by atoms with Gasteiger partial charge in [-0.05, 0) is 61.8 Å². The second-order valence-corrected chi connectivity index (χ2v) is 8.20. The first-order valence-corrected chi connectivity index (χ1v) is 8.02. The molecule has 4 fully saturated rings. The summed E-state index contributed by atoms with van der Waals surface area (Å²) in [7, 11) is 0. The second kappa shape index (κ2) is 4.28. The fraction of sp³-hybridized carbons (Fsp3) is 0.667. The van der Waals surface area contributed by atoms with E-state index >= 15 is 0 Å². The lowest BCUT2D eigenvalue weighted by molar-refractivity contribution is -0.155. The standard InChI is InChI=1S/C18H22F2O/c1-17-6-11-4-12(7-17)9-18(8-11,10-17)16(21)14-3-2-13(19)5-15(14)20/h2-3,5,11-12,16,21H,4,6-10H2,1H3. The molecule has 4 aliphatic rings. The number of aliphatic hydroxyl groups is 1. The van der Waals surface area contributed by atoms with Gasteiger partial charge in [0, 0.05) is 17.0 Å². The molecule has 5 rings (SSSR count). The smallest absolute Gasteiger partial charge is 0.131 e. The van der Waals surface area contributed by atoms with Gasteiger partial charge in [-0.1, -0.05) is 13.0 Å². The van der Waals surface area contributed by atoms with Crippen LogP contribution < -0.4 is 0 Å². The highest BCUT2D eigenvalue weighted by Gasteiger charge is 2.58. The van der Waals surface area contributed by atoms with E-state index in [1.165, 1.54) is 31.4 Å². The van der Waals surface area contributed by atoms with Crippen LogP contribution in [-0.4, -0.2) is 5.11 Å². The molecule has 3 atom stereocenters. The number of rotatable bonds is 2. The van der Waals surface area contributed by atoms with E-state index in [0.29, 0.717) is 17.3 Å². The number of hydrogen-bond acceptors (Lipinski definition) is 1. The Labute approximate surface area is 124 Å². The molecule has 0 aliphatic heterocycles. The first-order chi connectivity index (χ1) is 9.89. The molecule has 114 valence electrons. The third-order valence-electron chi connectivity index (χ3n) is 6.24. The molecule has 3 unspecified atom stereocenters. The minimum absolute atomic E-state index is 0.197. The summed E-state index contributed by atoms with van der Waals surface area (Å²) in [5, 5.41) is 10.9. The van der Waals surface area contributed by atoms with Crippen LogP contribution in [0.15, 0.2) is 18.2 Å². The van der Waals surface area contributed by atoms with E-state index in [1.807, 2.05) is 0 Å². The number of benzene rings is 1. The summed E-state index contributed by atoms with van der Waals surface area (Å²) in [6.07, 6.45) is 5.95. The van der Waals surface area contributed by atoms with Gasteiger partial charge in [-0.3, -0.25) is 0 Å². The zero-order chi connectivity index (χ0) is 14.8. The Morgan fingerprint density at radius 2 is 1.81 bits per heavy atom. The first kappa shape index (κ1) is 13.7. The molecule has 0 spiro atoms. The molecule has 0 heterocycles. The maximum absolute atomic E-state index is 14.1. The average Bonchev–Trinajstić information content (AvgIpc) is 2.35. The van der Waals surface area contributed by atoms with Crippen molar-refractivity contribution in [2.75, 3.05) is 0 Å². The predicted molar refractivity (Wildman–Crippen MR) is 76.5 cm³/mol. The van der Waals surface area contributed by atoms with Crippen molar-refractivity contribution in [2.24, 2.45) is 22.7 Å². The molecule has 0 radical (unpaired) electrons. The topological polar surface area (TPSA) is 20.2 Å². The van der Waals surface area contributed by atoms with E-state index in [1.54, 1.807) is 0 Å². The number of aliphatic hydroxyl groups excluding tert-OH is 1. The summed E-state index contributed by atoms with van der Waals surface area (Å²) in [6.45, 7) is 2.33. The molecular formula is C18H22F2O. The van der Waals surface area contributed by atoms with E-state index in [-0.39, 0.29) is 11.0 Å². The van der Waals surface area contributed by atoms with Gasteiger partial charge in [0.2, 0.25) is 0 Å². The zero-order valence-corrected chi connectivity index (χ0v) is 12.4. The van der Waals surface area contributed by atoms with Crippen molar-refractivity contribution in [3.05, 3.63) is 35.4 Å². The Balaban J connectivity index is 1.72. The second-order valence-electron chi connectivity index (χ2n) is 8.20. The number of hydrogen-bond donors (Lipinski definition) is 1. The SMILES string of the molecule is CC12CC3CC(C1)CC(C(O)c1ccc(F)cc1F)(C3)C2. The Bertz CT molecular complexity index is 569. The van der Waals surface area contributed by atoms with Gasteiger partial charge in [-0.2, -0.15) is 0 Å². The van der Waals surface area contributed by atoms with Crippen molar-refractivity contribution in [1.82, 2.24) is 0 Å². The molecular weight excluding hydrogens is 270 g/mol. The average molecular weight is 292 g/mol. The quantitative estimate of drug-likeness (QED) is 0.844. The summed E-state index contributed by atoms with van der Waals surface area (Å²) < 4.78 is 27.2. The van der Waals surface area contributed by atoms with Crippen LogP contribution in [0.5, 0.6) is 0 Å². The Morgan fingerprint density at radius 3 is 2.38 bits per heavy atom. The molecule has 21 heavy (non-hydrogen) atoms. The zero-order valence-electron chi connectivity index (χ0n) is 12.4. The van der Waals surface area contributed by atoms with E-state index in [2.05, 4.69) is 6.92 Å². The van der Waals surface area contributed by atoms with Crippen LogP contribution >= 0.6 is 0 Å². The molecule has 1 N–H and O–H groups in total. The van der Waals surface area contributed by atoms with Crippen LogP contribution in [0, 0.1) is 34.3 Å². The maximum Gasteiger partial charge on any atom is 0.131 e. The van der Waals surface area contributed by atoms with Gasteiger partial charge in [0.05, 0.1) is 6.10 Å². The Hall–Kier alpha value is -0.960. The van der Waals surface area contributed by atoms with Crippen molar-refractivity contribution in [2.45, 2.75) is 51.6 Å². The number of halogens is 2. The molecule has 4 bridgehead atoms. The fourth-order valence-corrected chi connectivity index (χ4v) is 6.17. The third kappa shape index (κ3) is 2.04. The van der Waals surface area contributed by atoms with Crippen LogP contribution in [0.1, 0.15) is 57.1 Å². The van der Waals surface area contributed by atoms with Crippen molar-refractivity contribution in [3.8, 4) is 0 Å². The van der Waals surface area contributed by atoms with Crippen LogP contribution in [0.25, 0.3) is 0 Å². The van der Waals surface area contributed by atoms with Gasteiger partial charge >= 0.3 is 0 Å². The minimum Gasteiger partial charge on any atom is -0.388 e. The lowest BCUT2D eigenvalue weighted by atomic mass is 9.43. The van der Waals surface area contributed by atoms with Gasteiger partial charge in [0.25, 0.3) is 0 Å². The largest absolute Gasteiger partial charge is 0.388 e. The molecule has 1 aromatic rings. The highest BCUT2D eigenvalue weighted by molar-refractivity contribution is 5.25. The normalized spacial score (nSPS) is 42.3. The minimum atomic E-state index is -0.802. The molecule has 4 saturated carbocycles. The summed E-state index contributed by atoms with van der Waals surface area (Å²) in [4.78, 5) is 0. The van der Waals surface area contributed by atoms with Crippen molar-refractivity contribution < 1.29 is 13.9 Å². The van der Waals surface area contributed by atoms with Crippen LogP contribution in [-0.2, 0) is 0 Å². The van der Waals surface area contributed by atoms with Crippen molar-refractivity contribution in [3.63, 3.8) is 0 Å². The Kier molecular flexibility index (Phi) is 2.79. The monoisotopic (exact) mass is 292 g/mol. The summed E-state index contributed by atoms with van der Waals surface area (Å²) in [6, 6.07) is 3.57. The highest BCUT2D eigenvalue weighted by Crippen LogP contribution is 2.68. The lowest BCUT2D eigenvalue weighted by Gasteiger charge is -2.62. The van der Waals surface area contributed by atoms with Crippen LogP contribution in [0.4, 0.5) is 8.78 Å². The fourth-order valence-electron chi connectivity index (χ4n) is 6.17. The van der Waals surface area contributed by atoms with Crippen molar-refractivity contribution >= 4 is 0 Å². The summed E-state index contributed by atoms with van der Waals surface area (Å²) >= 11 is 0. The molecule has 4 aliphatic carbocycles. The molecule has 0 aromatic heterocycles. The molecule has 0 saturated heterocycles. The summed E-state index contributed by atoms with van der Waals surface area (Å²) in [5.74, 6) is 0.160. The van der Waals surface area contributed by atoms with E-state index in [0.717, 1.165) is 25.3 Å². The van der Waals surface area contributed by atoms with Gasteiger partial charge in [0.15, 0.2) is 0 Å². The maximum atomic E-state index is 14.1. The van der Waals surface area contributed by atoms with Crippen molar-refractivity contribution in [1.29, 1.82) is 0 Å². The van der Waals surface area contributed by atoms with Crippen LogP contribution in [0.2, 0.25) is 0 Å². The lowest BCUT2D eigenvalue weighted by Crippen LogP contribution is -2.53. The van der Waals surface area contributed by atoms with Crippen LogP contribution in [0.3, 0.4) is 0 Å². The van der Waals surface area contributed by atoms with Gasteiger partial charge in [-0.25, -0.2) is 8.78 Å². The van der Waals surface area contributed by atoms with Gasteiger partial charge in [0.1, 0.15) is 11.6 Å². The van der Waals surface area contributed by atoms with E-state index < -0.39 is 17.7 Å². The Morgan fingerprint density at radius 1 is 1.14 bits per heavy atom. The summed E-state index contributed by atoms with van der Waals surface area (Å²) in [5.41, 5.74) is 0.390. The van der Waals surface area contributed by atoms with Gasteiger partial charge in [-0.15, -0.1) is 0 Å². The molecule has 1 aromatic carbocycles. The highest BCUT2D eigenvalue weighted by atomic mass is 19.1. The van der Waals surface area contributed by atoms with E-state index in [9.17, 15) is 13.9 Å².